The number of anilines is 3. The molecule has 72 valence electrons. The fourth-order valence-corrected chi connectivity index (χ4v) is 0.820. The molecule has 0 aliphatic heterocycles. The molecule has 0 aromatic carbocycles. The van der Waals surface area contributed by atoms with E-state index in [9.17, 15) is 0 Å². The highest BCUT2D eigenvalue weighted by Gasteiger charge is 2.00. The monoisotopic (exact) mass is 182 g/mol. The van der Waals surface area contributed by atoms with E-state index in [-0.39, 0.29) is 5.95 Å². The van der Waals surface area contributed by atoms with Crippen LogP contribution in [0.4, 0.5) is 17.8 Å². The Labute approximate surface area is 77.0 Å². The Bertz CT molecular complexity index is 274. The Balaban J connectivity index is 2.76. The van der Waals surface area contributed by atoms with Gasteiger partial charge in [0.05, 0.1) is 0 Å². The van der Waals surface area contributed by atoms with Crippen LogP contribution in [0, 0.1) is 0 Å². The van der Waals surface area contributed by atoms with Gasteiger partial charge in [0.1, 0.15) is 0 Å². The molecule has 13 heavy (non-hydrogen) atoms. The summed E-state index contributed by atoms with van der Waals surface area (Å²) in [5, 5.41) is 5.83. The summed E-state index contributed by atoms with van der Waals surface area (Å²) in [6.45, 7) is 2.89. The van der Waals surface area contributed by atoms with Gasteiger partial charge in [-0.2, -0.15) is 15.0 Å². The van der Waals surface area contributed by atoms with E-state index in [4.69, 9.17) is 5.73 Å². The molecular weight excluding hydrogens is 168 g/mol. The van der Waals surface area contributed by atoms with Crippen molar-refractivity contribution in [2.75, 3.05) is 30.0 Å². The molecule has 4 N–H and O–H groups in total. The zero-order chi connectivity index (χ0) is 9.68. The Morgan fingerprint density at radius 3 is 2.54 bits per heavy atom. The Morgan fingerprint density at radius 1 is 1.23 bits per heavy atom. The number of nitrogens with zero attached hydrogens (tertiary/aromatic N) is 3. The summed E-state index contributed by atoms with van der Waals surface area (Å²) in [5.41, 5.74) is 5.46. The standard InChI is InChI=1S/C7H14N6/c1-3-4-10-7-12-5(8)11-6(9-2)13-7/h3-4H2,1-2H3,(H4,8,9,10,11,12,13). The highest BCUT2D eigenvalue weighted by molar-refractivity contribution is 5.39. The Kier molecular flexibility index (Phi) is 3.24. The van der Waals surface area contributed by atoms with E-state index in [1.807, 2.05) is 0 Å². The minimum atomic E-state index is 0.220. The molecule has 0 unspecified atom stereocenters. The smallest absolute Gasteiger partial charge is 0.229 e. The van der Waals surface area contributed by atoms with Gasteiger partial charge in [-0.15, -0.1) is 0 Å². The quantitative estimate of drug-likeness (QED) is 0.621. The summed E-state index contributed by atoms with van der Waals surface area (Å²) >= 11 is 0. The van der Waals surface area contributed by atoms with Crippen LogP contribution in [0.15, 0.2) is 0 Å². The zero-order valence-corrected chi connectivity index (χ0v) is 7.83. The van der Waals surface area contributed by atoms with Crippen molar-refractivity contribution < 1.29 is 0 Å². The van der Waals surface area contributed by atoms with E-state index in [1.165, 1.54) is 0 Å². The van der Waals surface area contributed by atoms with E-state index in [0.717, 1.165) is 13.0 Å². The molecule has 1 heterocycles. The summed E-state index contributed by atoms with van der Waals surface area (Å²) in [6, 6.07) is 0. The van der Waals surface area contributed by atoms with Gasteiger partial charge in [-0.3, -0.25) is 0 Å². The first-order valence-corrected chi connectivity index (χ1v) is 4.19. The SMILES string of the molecule is CCCNc1nc(N)nc(NC)n1. The minimum absolute atomic E-state index is 0.220. The lowest BCUT2D eigenvalue weighted by Crippen LogP contribution is -2.09. The summed E-state index contributed by atoms with van der Waals surface area (Å²) in [6.07, 6.45) is 1.01. The summed E-state index contributed by atoms with van der Waals surface area (Å²) in [4.78, 5) is 11.9. The van der Waals surface area contributed by atoms with Crippen LogP contribution in [0.3, 0.4) is 0 Å². The van der Waals surface area contributed by atoms with E-state index < -0.39 is 0 Å². The second-order valence-electron chi connectivity index (χ2n) is 2.52. The maximum absolute atomic E-state index is 5.46. The molecule has 1 aromatic heterocycles. The maximum Gasteiger partial charge on any atom is 0.229 e. The van der Waals surface area contributed by atoms with E-state index in [1.54, 1.807) is 7.05 Å². The van der Waals surface area contributed by atoms with E-state index >= 15 is 0 Å². The third-order valence-electron chi connectivity index (χ3n) is 1.41. The average Bonchev–Trinajstić information content (AvgIpc) is 2.14. The van der Waals surface area contributed by atoms with Gasteiger partial charge in [-0.1, -0.05) is 6.92 Å². The van der Waals surface area contributed by atoms with Crippen LogP contribution >= 0.6 is 0 Å². The molecule has 0 aliphatic rings. The topological polar surface area (TPSA) is 88.8 Å². The van der Waals surface area contributed by atoms with Crippen LogP contribution in [0.25, 0.3) is 0 Å². The first kappa shape index (κ1) is 9.50. The van der Waals surface area contributed by atoms with Crippen LogP contribution < -0.4 is 16.4 Å². The fraction of sp³-hybridized carbons (Fsp3) is 0.571. The third kappa shape index (κ3) is 2.73. The van der Waals surface area contributed by atoms with Gasteiger partial charge in [0, 0.05) is 13.6 Å². The van der Waals surface area contributed by atoms with Crippen molar-refractivity contribution in [3.05, 3.63) is 0 Å². The van der Waals surface area contributed by atoms with Crippen LogP contribution in [0.5, 0.6) is 0 Å². The number of hydrogen-bond acceptors (Lipinski definition) is 6. The molecule has 0 spiro atoms. The Morgan fingerprint density at radius 2 is 1.92 bits per heavy atom. The number of nitrogen functional groups attached to an aromatic ring is 1. The van der Waals surface area contributed by atoms with Crippen molar-refractivity contribution in [2.45, 2.75) is 13.3 Å². The molecule has 0 fully saturated rings. The van der Waals surface area contributed by atoms with Crippen molar-refractivity contribution in [2.24, 2.45) is 0 Å². The maximum atomic E-state index is 5.46. The van der Waals surface area contributed by atoms with Crippen molar-refractivity contribution in [1.82, 2.24) is 15.0 Å². The first-order chi connectivity index (χ1) is 6.26. The van der Waals surface area contributed by atoms with Gasteiger partial charge in [-0.05, 0) is 6.42 Å². The summed E-state index contributed by atoms with van der Waals surface area (Å²) in [5.74, 6) is 1.21. The molecule has 6 heteroatoms. The molecule has 0 saturated carbocycles. The fourth-order valence-electron chi connectivity index (χ4n) is 0.820. The van der Waals surface area contributed by atoms with Crippen molar-refractivity contribution >= 4 is 17.8 Å². The molecule has 1 aromatic rings. The number of rotatable bonds is 4. The van der Waals surface area contributed by atoms with Gasteiger partial charge in [0.25, 0.3) is 0 Å². The predicted molar refractivity (Wildman–Crippen MR) is 52.6 cm³/mol. The van der Waals surface area contributed by atoms with Gasteiger partial charge in [0.15, 0.2) is 0 Å². The number of hydrogen-bond donors (Lipinski definition) is 3. The molecular formula is C7H14N6. The van der Waals surface area contributed by atoms with Crippen LogP contribution in [0.2, 0.25) is 0 Å². The highest BCUT2D eigenvalue weighted by Crippen LogP contribution is 2.05. The highest BCUT2D eigenvalue weighted by atomic mass is 15.2. The van der Waals surface area contributed by atoms with Crippen LogP contribution in [0.1, 0.15) is 13.3 Å². The molecule has 0 aliphatic carbocycles. The second-order valence-corrected chi connectivity index (χ2v) is 2.52. The summed E-state index contributed by atoms with van der Waals surface area (Å²) in [7, 11) is 1.73. The zero-order valence-electron chi connectivity index (χ0n) is 7.83. The van der Waals surface area contributed by atoms with Crippen molar-refractivity contribution in [3.8, 4) is 0 Å². The lowest BCUT2D eigenvalue weighted by atomic mass is 10.5. The number of nitrogens with one attached hydrogen (secondary N) is 2. The first-order valence-electron chi connectivity index (χ1n) is 4.19. The average molecular weight is 182 g/mol. The molecule has 0 radical (unpaired) electrons. The molecule has 0 amide bonds. The van der Waals surface area contributed by atoms with Crippen LogP contribution in [-0.2, 0) is 0 Å². The molecule has 6 nitrogen and oxygen atoms in total. The molecule has 0 saturated heterocycles. The van der Waals surface area contributed by atoms with Gasteiger partial charge in [-0.25, -0.2) is 0 Å². The number of aromatic nitrogens is 3. The Hall–Kier alpha value is -1.59. The summed E-state index contributed by atoms with van der Waals surface area (Å²) < 4.78 is 0. The molecule has 0 bridgehead atoms. The van der Waals surface area contributed by atoms with Gasteiger partial charge >= 0.3 is 0 Å². The van der Waals surface area contributed by atoms with Gasteiger partial charge in [0.2, 0.25) is 17.8 Å². The van der Waals surface area contributed by atoms with Crippen molar-refractivity contribution in [3.63, 3.8) is 0 Å². The lowest BCUT2D eigenvalue weighted by molar-refractivity contribution is 0.943. The normalized spacial score (nSPS) is 9.69. The van der Waals surface area contributed by atoms with E-state index in [0.29, 0.717) is 11.9 Å². The number of nitrogens with two attached hydrogens (primary N) is 1. The van der Waals surface area contributed by atoms with Crippen LogP contribution in [-0.4, -0.2) is 28.5 Å². The molecule has 1 rings (SSSR count). The third-order valence-corrected chi connectivity index (χ3v) is 1.41. The molecule has 0 atom stereocenters. The van der Waals surface area contributed by atoms with Crippen molar-refractivity contribution in [1.29, 1.82) is 0 Å². The van der Waals surface area contributed by atoms with E-state index in [2.05, 4.69) is 32.5 Å². The minimum Gasteiger partial charge on any atom is -0.368 e. The lowest BCUT2D eigenvalue weighted by Gasteiger charge is -2.04. The predicted octanol–water partition coefficient (Wildman–Crippen LogP) is 0.317. The second kappa shape index (κ2) is 4.44. The van der Waals surface area contributed by atoms with Gasteiger partial charge < -0.3 is 16.4 Å². The largest absolute Gasteiger partial charge is 0.368 e.